The molecular formula is C72H142N2O7P+. The smallest absolute Gasteiger partial charge is 0.456 e. The maximum Gasteiger partial charge on any atom is 0.472 e. The van der Waals surface area contributed by atoms with E-state index in [1.807, 2.05) is 33.3 Å². The van der Waals surface area contributed by atoms with Crippen molar-refractivity contribution in [1.29, 1.82) is 0 Å². The fraction of sp³-hybridized carbons (Fsp3) is 0.917. The Kier molecular flexibility index (Phi) is 61.4. The summed E-state index contributed by atoms with van der Waals surface area (Å²) < 4.78 is 30.8. The Bertz CT molecular complexity index is 1450. The number of quaternary nitrogens is 1. The molecule has 2 N–H and O–H groups in total. The van der Waals surface area contributed by atoms with Crippen LogP contribution in [0.4, 0.5) is 0 Å². The third-order valence-electron chi connectivity index (χ3n) is 16.6. The lowest BCUT2D eigenvalue weighted by Crippen LogP contribution is -2.47. The number of hydrogen-bond donors (Lipinski definition) is 2. The molecule has 0 aromatic carbocycles. The molecule has 0 aromatic rings. The first-order valence-corrected chi connectivity index (χ1v) is 37.7. The van der Waals surface area contributed by atoms with Gasteiger partial charge in [-0.1, -0.05) is 328 Å². The minimum Gasteiger partial charge on any atom is -0.456 e. The Labute approximate surface area is 511 Å². The van der Waals surface area contributed by atoms with Gasteiger partial charge >= 0.3 is 13.8 Å². The van der Waals surface area contributed by atoms with Crippen LogP contribution in [0.3, 0.4) is 0 Å². The van der Waals surface area contributed by atoms with Crippen molar-refractivity contribution < 1.29 is 37.3 Å². The van der Waals surface area contributed by atoms with E-state index in [2.05, 4.69) is 38.2 Å². The van der Waals surface area contributed by atoms with Gasteiger partial charge in [-0.2, -0.15) is 0 Å². The third-order valence-corrected chi connectivity index (χ3v) is 17.6. The van der Waals surface area contributed by atoms with E-state index in [-0.39, 0.29) is 25.1 Å². The third kappa shape index (κ3) is 63.0. The summed E-state index contributed by atoms with van der Waals surface area (Å²) in [6, 6.07) is -0.846. The summed E-state index contributed by atoms with van der Waals surface area (Å²) in [5.74, 6) is -0.488. The fourth-order valence-electron chi connectivity index (χ4n) is 11.1. The van der Waals surface area contributed by atoms with Gasteiger partial charge in [-0.05, 0) is 57.4 Å². The van der Waals surface area contributed by atoms with Gasteiger partial charge in [0.1, 0.15) is 19.3 Å². The van der Waals surface area contributed by atoms with Crippen molar-refractivity contribution in [1.82, 2.24) is 5.32 Å². The monoisotopic (exact) mass is 1180 g/mol. The maximum absolute atomic E-state index is 13.6. The van der Waals surface area contributed by atoms with Crippen LogP contribution in [-0.4, -0.2) is 74.3 Å². The van der Waals surface area contributed by atoms with Crippen LogP contribution >= 0.6 is 7.82 Å². The Morgan fingerprint density at radius 3 is 1.04 bits per heavy atom. The SMILES string of the molecule is CCCCCCCC/C=C/CCCCCCCCCC(=O)NC(COP(=O)(O)OCC[N+](C)(C)C)C(/C=C\CCCCCCCCCCCC)OC(=O)CCCCCCCCCCCCCCCCCCCCCCCCCCCCC. The van der Waals surface area contributed by atoms with Gasteiger partial charge in [-0.3, -0.25) is 18.6 Å². The highest BCUT2D eigenvalue weighted by Gasteiger charge is 2.30. The van der Waals surface area contributed by atoms with Gasteiger partial charge in [-0.25, -0.2) is 4.57 Å². The molecule has 1 amide bonds. The normalized spacial score (nSPS) is 13.6. The molecule has 0 fully saturated rings. The van der Waals surface area contributed by atoms with Crippen molar-refractivity contribution in [3.8, 4) is 0 Å². The lowest BCUT2D eigenvalue weighted by molar-refractivity contribution is -0.870. The highest BCUT2D eigenvalue weighted by atomic mass is 31.2. The second-order valence-corrected chi connectivity index (χ2v) is 27.6. The van der Waals surface area contributed by atoms with E-state index < -0.39 is 20.0 Å². The summed E-state index contributed by atoms with van der Waals surface area (Å²) in [6.45, 7) is 7.07. The van der Waals surface area contributed by atoms with E-state index in [1.165, 1.54) is 283 Å². The number of hydrogen-bond acceptors (Lipinski definition) is 6. The average molecular weight is 1180 g/mol. The fourth-order valence-corrected chi connectivity index (χ4v) is 11.8. The Morgan fingerprint density at radius 1 is 0.415 bits per heavy atom. The molecule has 0 rings (SSSR count). The molecular weight excluding hydrogens is 1040 g/mol. The molecule has 0 aliphatic carbocycles. The number of nitrogens with zero attached hydrogens (tertiary/aromatic N) is 1. The van der Waals surface area contributed by atoms with E-state index in [4.69, 9.17) is 13.8 Å². The van der Waals surface area contributed by atoms with Crippen LogP contribution in [0.25, 0.3) is 0 Å². The van der Waals surface area contributed by atoms with Crippen molar-refractivity contribution in [3.63, 3.8) is 0 Å². The molecule has 3 atom stereocenters. The summed E-state index contributed by atoms with van der Waals surface area (Å²) in [4.78, 5) is 37.9. The van der Waals surface area contributed by atoms with Gasteiger partial charge < -0.3 is 19.4 Å². The number of ether oxygens (including phenoxy) is 1. The van der Waals surface area contributed by atoms with Crippen LogP contribution in [0, 0.1) is 0 Å². The van der Waals surface area contributed by atoms with E-state index in [9.17, 15) is 19.0 Å². The van der Waals surface area contributed by atoms with Crippen LogP contribution in [0.2, 0.25) is 0 Å². The molecule has 0 aliphatic rings. The number of nitrogens with one attached hydrogen (secondary N) is 1. The predicted octanol–water partition coefficient (Wildman–Crippen LogP) is 22.9. The quantitative estimate of drug-likeness (QED) is 0.0205. The van der Waals surface area contributed by atoms with Gasteiger partial charge in [-0.15, -0.1) is 0 Å². The Hall–Kier alpha value is -1.51. The molecule has 0 aromatic heterocycles. The largest absolute Gasteiger partial charge is 0.472 e. The number of allylic oxidation sites excluding steroid dienone is 3. The minimum atomic E-state index is -4.45. The van der Waals surface area contributed by atoms with Crippen molar-refractivity contribution in [2.75, 3.05) is 40.9 Å². The molecule has 0 saturated heterocycles. The van der Waals surface area contributed by atoms with Gasteiger partial charge in [0.25, 0.3) is 0 Å². The van der Waals surface area contributed by atoms with Gasteiger partial charge in [0, 0.05) is 12.8 Å². The van der Waals surface area contributed by atoms with Crippen molar-refractivity contribution in [3.05, 3.63) is 24.3 Å². The lowest BCUT2D eigenvalue weighted by atomic mass is 10.0. The van der Waals surface area contributed by atoms with Crippen LogP contribution in [0.5, 0.6) is 0 Å². The number of esters is 1. The number of carbonyl (C=O) groups is 2. The summed E-state index contributed by atoms with van der Waals surface area (Å²) in [7, 11) is 1.51. The number of phosphoric ester groups is 1. The first-order valence-electron chi connectivity index (χ1n) is 36.2. The molecule has 10 heteroatoms. The molecule has 9 nitrogen and oxygen atoms in total. The summed E-state index contributed by atoms with van der Waals surface area (Å²) in [5, 5.41) is 3.07. The minimum absolute atomic E-state index is 0.0431. The molecule has 82 heavy (non-hydrogen) atoms. The molecule has 0 radical (unpaired) electrons. The molecule has 0 spiro atoms. The van der Waals surface area contributed by atoms with Crippen LogP contribution in [0.15, 0.2) is 24.3 Å². The highest BCUT2D eigenvalue weighted by molar-refractivity contribution is 7.47. The zero-order valence-electron chi connectivity index (χ0n) is 55.8. The number of rotatable bonds is 67. The second kappa shape index (κ2) is 62.5. The second-order valence-electron chi connectivity index (χ2n) is 26.1. The van der Waals surface area contributed by atoms with E-state index in [1.54, 1.807) is 0 Å². The maximum atomic E-state index is 13.6. The molecule has 0 aliphatic heterocycles. The molecule has 0 saturated carbocycles. The topological polar surface area (TPSA) is 111 Å². The summed E-state index contributed by atoms with van der Waals surface area (Å²) in [6.07, 6.45) is 76.3. The lowest BCUT2D eigenvalue weighted by Gasteiger charge is -2.27. The number of unbranched alkanes of at least 4 members (excludes halogenated alkanes) is 49. The van der Waals surface area contributed by atoms with Crippen molar-refractivity contribution >= 4 is 19.7 Å². The predicted molar refractivity (Wildman–Crippen MR) is 356 cm³/mol. The van der Waals surface area contributed by atoms with Crippen molar-refractivity contribution in [2.24, 2.45) is 0 Å². The summed E-state index contributed by atoms with van der Waals surface area (Å²) in [5.41, 5.74) is 0. The molecule has 3 unspecified atom stereocenters. The standard InChI is InChI=1S/C72H141N2O7P/c1-7-10-13-16-19-22-25-28-30-32-33-34-35-36-37-38-39-40-41-43-45-47-50-53-56-59-62-65-72(76)81-70(63-60-57-54-51-48-27-24-21-18-15-12-9-3)69(68-80-82(77,78)79-67-66-74(4,5)6)73-71(75)64-61-58-55-52-49-46-44-42-31-29-26-23-20-17-14-11-8-2/h29,31,60,63,69-70H,7-28,30,32-59,61-62,64-68H2,1-6H3,(H-,73,75,77,78)/p+1/b31-29+,63-60-. The van der Waals surface area contributed by atoms with E-state index in [0.717, 1.165) is 57.8 Å². The Morgan fingerprint density at radius 2 is 0.707 bits per heavy atom. The molecule has 0 heterocycles. The number of likely N-dealkylation sites (N-methyl/N-ethyl adjacent to an activating group) is 1. The summed E-state index contributed by atoms with van der Waals surface area (Å²) >= 11 is 0. The molecule has 486 valence electrons. The van der Waals surface area contributed by atoms with Gasteiger partial charge in [0.2, 0.25) is 5.91 Å². The van der Waals surface area contributed by atoms with Crippen LogP contribution in [0.1, 0.15) is 374 Å². The average Bonchev–Trinajstić information content (AvgIpc) is 3.44. The van der Waals surface area contributed by atoms with Crippen LogP contribution < -0.4 is 5.32 Å². The number of phosphoric acid groups is 1. The van der Waals surface area contributed by atoms with Crippen LogP contribution in [-0.2, 0) is 27.9 Å². The number of amides is 1. The van der Waals surface area contributed by atoms with Gasteiger partial charge in [0.15, 0.2) is 0 Å². The Balaban J connectivity index is 4.96. The van der Waals surface area contributed by atoms with Gasteiger partial charge in [0.05, 0.1) is 33.8 Å². The van der Waals surface area contributed by atoms with E-state index >= 15 is 0 Å². The number of carbonyl (C=O) groups excluding carboxylic acids is 2. The van der Waals surface area contributed by atoms with Crippen molar-refractivity contribution in [2.45, 2.75) is 386 Å². The zero-order chi connectivity index (χ0) is 60.0. The highest BCUT2D eigenvalue weighted by Crippen LogP contribution is 2.43. The first kappa shape index (κ1) is 80.5. The first-order chi connectivity index (χ1) is 39.9. The molecule has 0 bridgehead atoms. The zero-order valence-corrected chi connectivity index (χ0v) is 56.7. The van der Waals surface area contributed by atoms with E-state index in [0.29, 0.717) is 23.9 Å².